The van der Waals surface area contributed by atoms with Gasteiger partial charge >= 0.3 is 0 Å². The van der Waals surface area contributed by atoms with E-state index < -0.39 is 4.92 Å². The number of nitro groups is 1. The number of hydrogen-bond donors (Lipinski definition) is 2. The zero-order chi connectivity index (χ0) is 16.9. The Bertz CT molecular complexity index is 699. The first-order chi connectivity index (χ1) is 10.9. The molecule has 0 aliphatic carbocycles. The van der Waals surface area contributed by atoms with E-state index in [9.17, 15) is 14.9 Å². The van der Waals surface area contributed by atoms with Crippen LogP contribution in [-0.4, -0.2) is 22.9 Å². The number of anilines is 1. The van der Waals surface area contributed by atoms with Gasteiger partial charge in [-0.3, -0.25) is 14.9 Å². The molecule has 2 aromatic carbocycles. The molecule has 2 rings (SSSR count). The molecule has 0 aromatic heterocycles. The Hall–Kier alpha value is -2.89. The standard InChI is InChI=1S/C17H19N3O3/c1-17(2,19-14-8-4-3-5-9-14)12-18-16(21)13-7-6-10-15(11-13)20(22)23/h3-11,19H,12H2,1-2H3,(H,18,21). The Labute approximate surface area is 134 Å². The molecule has 0 spiro atoms. The van der Waals surface area contributed by atoms with Crippen molar-refractivity contribution in [2.45, 2.75) is 19.4 Å². The molecule has 0 saturated carbocycles. The first kappa shape index (κ1) is 16.5. The molecule has 0 atom stereocenters. The van der Waals surface area contributed by atoms with Crippen LogP contribution < -0.4 is 10.6 Å². The highest BCUT2D eigenvalue weighted by molar-refractivity contribution is 5.94. The third-order valence-corrected chi connectivity index (χ3v) is 3.27. The summed E-state index contributed by atoms with van der Waals surface area (Å²) in [6, 6.07) is 15.4. The number of hydrogen-bond acceptors (Lipinski definition) is 4. The van der Waals surface area contributed by atoms with Crippen molar-refractivity contribution < 1.29 is 9.72 Å². The fourth-order valence-electron chi connectivity index (χ4n) is 2.12. The Kier molecular flexibility index (Phi) is 4.95. The quantitative estimate of drug-likeness (QED) is 0.633. The molecule has 0 unspecified atom stereocenters. The normalized spacial score (nSPS) is 10.9. The molecule has 0 aliphatic heterocycles. The Morgan fingerprint density at radius 2 is 1.83 bits per heavy atom. The molecule has 120 valence electrons. The van der Waals surface area contributed by atoms with E-state index in [1.807, 2.05) is 44.2 Å². The molecular weight excluding hydrogens is 294 g/mol. The van der Waals surface area contributed by atoms with E-state index >= 15 is 0 Å². The molecule has 0 saturated heterocycles. The Morgan fingerprint density at radius 3 is 2.48 bits per heavy atom. The van der Waals surface area contributed by atoms with E-state index in [4.69, 9.17) is 0 Å². The number of para-hydroxylation sites is 1. The Morgan fingerprint density at radius 1 is 1.13 bits per heavy atom. The molecule has 0 aliphatic rings. The number of rotatable bonds is 6. The lowest BCUT2D eigenvalue weighted by Gasteiger charge is -2.28. The van der Waals surface area contributed by atoms with Crippen LogP contribution in [0.15, 0.2) is 54.6 Å². The minimum absolute atomic E-state index is 0.0979. The van der Waals surface area contributed by atoms with Crippen molar-refractivity contribution in [1.29, 1.82) is 0 Å². The van der Waals surface area contributed by atoms with Gasteiger partial charge < -0.3 is 10.6 Å². The third kappa shape index (κ3) is 4.81. The topological polar surface area (TPSA) is 84.3 Å². The van der Waals surface area contributed by atoms with Gasteiger partial charge in [0.15, 0.2) is 0 Å². The number of nitrogens with one attached hydrogen (secondary N) is 2. The fraction of sp³-hybridized carbons (Fsp3) is 0.235. The highest BCUT2D eigenvalue weighted by Gasteiger charge is 2.19. The third-order valence-electron chi connectivity index (χ3n) is 3.27. The summed E-state index contributed by atoms with van der Waals surface area (Å²) in [5, 5.41) is 16.9. The average molecular weight is 313 g/mol. The predicted octanol–water partition coefficient (Wildman–Crippen LogP) is 3.22. The number of carbonyl (C=O) groups excluding carboxylic acids is 1. The maximum absolute atomic E-state index is 12.2. The van der Waals surface area contributed by atoms with E-state index in [2.05, 4.69) is 10.6 Å². The minimum atomic E-state index is -0.516. The number of nitro benzene ring substituents is 1. The average Bonchev–Trinajstić information content (AvgIpc) is 2.53. The molecule has 23 heavy (non-hydrogen) atoms. The first-order valence-electron chi connectivity index (χ1n) is 7.23. The molecule has 6 nitrogen and oxygen atoms in total. The molecule has 0 bridgehead atoms. The van der Waals surface area contributed by atoms with E-state index in [-0.39, 0.29) is 22.7 Å². The summed E-state index contributed by atoms with van der Waals surface area (Å²) in [6.07, 6.45) is 0. The zero-order valence-corrected chi connectivity index (χ0v) is 13.1. The first-order valence-corrected chi connectivity index (χ1v) is 7.23. The molecular formula is C17H19N3O3. The van der Waals surface area contributed by atoms with Crippen molar-refractivity contribution in [2.24, 2.45) is 0 Å². The lowest BCUT2D eigenvalue weighted by atomic mass is 10.0. The maximum atomic E-state index is 12.2. The molecule has 6 heteroatoms. The molecule has 0 fully saturated rings. The number of benzene rings is 2. The minimum Gasteiger partial charge on any atom is -0.378 e. The molecule has 2 N–H and O–H groups in total. The van der Waals surface area contributed by atoms with Crippen LogP contribution in [0, 0.1) is 10.1 Å². The van der Waals surface area contributed by atoms with Gasteiger partial charge in [-0.2, -0.15) is 0 Å². The van der Waals surface area contributed by atoms with Crippen molar-refractivity contribution in [3.05, 3.63) is 70.3 Å². The maximum Gasteiger partial charge on any atom is 0.270 e. The lowest BCUT2D eigenvalue weighted by Crippen LogP contribution is -2.44. The largest absolute Gasteiger partial charge is 0.378 e. The van der Waals surface area contributed by atoms with Crippen molar-refractivity contribution >= 4 is 17.3 Å². The summed E-state index contributed by atoms with van der Waals surface area (Å²) in [6.45, 7) is 4.31. The van der Waals surface area contributed by atoms with Crippen LogP contribution in [0.3, 0.4) is 0 Å². The Balaban J connectivity index is 1.98. The van der Waals surface area contributed by atoms with Crippen LogP contribution in [-0.2, 0) is 0 Å². The van der Waals surface area contributed by atoms with Crippen molar-refractivity contribution in [1.82, 2.24) is 5.32 Å². The van der Waals surface area contributed by atoms with Crippen LogP contribution in [0.1, 0.15) is 24.2 Å². The second kappa shape index (κ2) is 6.91. The predicted molar refractivity (Wildman–Crippen MR) is 89.6 cm³/mol. The summed E-state index contributed by atoms with van der Waals surface area (Å²) < 4.78 is 0. The van der Waals surface area contributed by atoms with Gasteiger partial charge in [0.2, 0.25) is 0 Å². The number of non-ortho nitro benzene ring substituents is 1. The van der Waals surface area contributed by atoms with E-state index in [0.717, 1.165) is 5.69 Å². The van der Waals surface area contributed by atoms with Crippen molar-refractivity contribution in [2.75, 3.05) is 11.9 Å². The number of carbonyl (C=O) groups is 1. The van der Waals surface area contributed by atoms with Gasteiger partial charge in [-0.15, -0.1) is 0 Å². The summed E-state index contributed by atoms with van der Waals surface area (Å²) in [5.74, 6) is -0.336. The second-order valence-electron chi connectivity index (χ2n) is 5.87. The smallest absolute Gasteiger partial charge is 0.270 e. The summed E-state index contributed by atoms with van der Waals surface area (Å²) in [4.78, 5) is 22.4. The molecule has 1 amide bonds. The van der Waals surface area contributed by atoms with Gasteiger partial charge in [0.25, 0.3) is 11.6 Å². The highest BCUT2D eigenvalue weighted by Crippen LogP contribution is 2.15. The monoisotopic (exact) mass is 313 g/mol. The summed E-state index contributed by atoms with van der Waals surface area (Å²) in [7, 11) is 0. The van der Waals surface area contributed by atoms with Gasteiger partial charge in [-0.1, -0.05) is 24.3 Å². The van der Waals surface area contributed by atoms with Crippen molar-refractivity contribution in [3.63, 3.8) is 0 Å². The molecule has 0 radical (unpaired) electrons. The van der Waals surface area contributed by atoms with Gasteiger partial charge in [0.1, 0.15) is 0 Å². The SMILES string of the molecule is CC(C)(CNC(=O)c1cccc([N+](=O)[O-])c1)Nc1ccccc1. The highest BCUT2D eigenvalue weighted by atomic mass is 16.6. The number of nitrogens with zero attached hydrogens (tertiary/aromatic N) is 1. The second-order valence-corrected chi connectivity index (χ2v) is 5.87. The van der Waals surface area contributed by atoms with E-state index in [1.54, 1.807) is 6.07 Å². The number of amides is 1. The van der Waals surface area contributed by atoms with E-state index in [1.165, 1.54) is 18.2 Å². The van der Waals surface area contributed by atoms with Gasteiger partial charge in [-0.05, 0) is 32.0 Å². The van der Waals surface area contributed by atoms with Gasteiger partial charge in [0, 0.05) is 35.5 Å². The zero-order valence-electron chi connectivity index (χ0n) is 13.1. The summed E-state index contributed by atoms with van der Waals surface area (Å²) >= 11 is 0. The molecule has 0 heterocycles. The summed E-state index contributed by atoms with van der Waals surface area (Å²) in [5.41, 5.74) is 0.772. The fourth-order valence-corrected chi connectivity index (χ4v) is 2.12. The van der Waals surface area contributed by atoms with E-state index in [0.29, 0.717) is 6.54 Å². The van der Waals surface area contributed by atoms with Crippen LogP contribution in [0.5, 0.6) is 0 Å². The van der Waals surface area contributed by atoms with Crippen LogP contribution in [0.25, 0.3) is 0 Å². The van der Waals surface area contributed by atoms with Crippen LogP contribution in [0.4, 0.5) is 11.4 Å². The van der Waals surface area contributed by atoms with Crippen LogP contribution >= 0.6 is 0 Å². The van der Waals surface area contributed by atoms with Crippen molar-refractivity contribution in [3.8, 4) is 0 Å². The lowest BCUT2D eigenvalue weighted by molar-refractivity contribution is -0.384. The van der Waals surface area contributed by atoms with Gasteiger partial charge in [0.05, 0.1) is 4.92 Å². The molecule has 2 aromatic rings. The van der Waals surface area contributed by atoms with Gasteiger partial charge in [-0.25, -0.2) is 0 Å². The van der Waals surface area contributed by atoms with Crippen LogP contribution in [0.2, 0.25) is 0 Å².